The molecule has 16 heteroatoms. The molecule has 2 aromatic rings. The zero-order valence-corrected chi connectivity index (χ0v) is 34.4. The van der Waals surface area contributed by atoms with Crippen LogP contribution >= 0.6 is 0 Å². The number of hydrazone groups is 1. The predicted octanol–water partition coefficient (Wildman–Crippen LogP) is 3.68. The Bertz CT molecular complexity index is 2050. The molecule has 316 valence electrons. The number of nitrogens with one attached hydrogen (secondary N) is 1. The maximum absolute atomic E-state index is 14.3. The first-order valence-electron chi connectivity index (χ1n) is 19.4. The van der Waals surface area contributed by atoms with Gasteiger partial charge >= 0.3 is 11.8 Å². The van der Waals surface area contributed by atoms with Crippen LogP contribution in [0.1, 0.15) is 70.0 Å². The minimum absolute atomic E-state index is 0.0284. The lowest BCUT2D eigenvalue weighted by molar-refractivity contribution is -0.159. The first kappa shape index (κ1) is 44.0. The van der Waals surface area contributed by atoms with Crippen LogP contribution in [0.15, 0.2) is 41.2 Å². The number of allylic oxidation sites excluding steroid dienone is 2. The molecule has 0 aromatic heterocycles. The molecule has 2 aromatic carbocycles. The van der Waals surface area contributed by atoms with Crippen molar-refractivity contribution in [1.82, 2.24) is 9.91 Å². The number of hydrogen-bond acceptors (Lipinski definition) is 15. The smallest absolute Gasteiger partial charge is 0.312 e. The van der Waals surface area contributed by atoms with E-state index >= 15 is 0 Å². The number of aliphatic hydroxyl groups is 3. The van der Waals surface area contributed by atoms with Gasteiger partial charge in [0.2, 0.25) is 0 Å². The molecule has 1 amide bonds. The Morgan fingerprint density at radius 1 is 0.931 bits per heavy atom. The number of anilines is 1. The monoisotopic (exact) mass is 808 g/mol. The lowest BCUT2D eigenvalue weighted by Gasteiger charge is -2.37. The number of carbonyl (C=O) groups is 3. The van der Waals surface area contributed by atoms with E-state index in [0.29, 0.717) is 26.2 Å². The Hall–Kier alpha value is -5.16. The van der Waals surface area contributed by atoms with Crippen LogP contribution < -0.4 is 10.1 Å². The average Bonchev–Trinajstić information content (AvgIpc) is 3.44. The number of aliphatic hydroxyl groups excluding tert-OH is 3. The highest BCUT2D eigenvalue weighted by Crippen LogP contribution is 2.55. The fraction of sp³-hybridized carbons (Fsp3) is 0.524. The van der Waals surface area contributed by atoms with E-state index in [1.165, 1.54) is 46.1 Å². The first-order valence-corrected chi connectivity index (χ1v) is 19.4. The van der Waals surface area contributed by atoms with Crippen LogP contribution in [0.25, 0.3) is 10.8 Å². The second-order valence-electron chi connectivity index (χ2n) is 15.9. The molecule has 5 bridgehead atoms. The SMILES string of the molecule is CC(=O)O[C@H]1[C@H](C)[C@H](O)[C@H](C)[C@@H](O)[C@@H](C)/C=C/C=C(/C)C(=O)Nc2c(/C=N/N3CCN(C)CC3)c(O)c3c4c(c(C)c(O)c3c2O)O[C@](C)(O/C=C/[C@H](O)[C@H]1C)C4=O. The van der Waals surface area contributed by atoms with Gasteiger partial charge in [0, 0.05) is 80.2 Å². The molecule has 0 radical (unpaired) electrons. The molecule has 7 N–H and O–H groups in total. The lowest BCUT2D eigenvalue weighted by Crippen LogP contribution is -2.46. The average molecular weight is 809 g/mol. The number of likely N-dealkylation sites (N-methyl/N-ethyl adjacent to an activating group) is 1. The van der Waals surface area contributed by atoms with Crippen molar-refractivity contribution in [3.8, 4) is 23.0 Å². The van der Waals surface area contributed by atoms with Gasteiger partial charge in [-0.2, -0.15) is 5.10 Å². The molecule has 58 heavy (non-hydrogen) atoms. The fourth-order valence-electron chi connectivity index (χ4n) is 7.64. The van der Waals surface area contributed by atoms with Crippen molar-refractivity contribution in [3.05, 3.63) is 52.8 Å². The van der Waals surface area contributed by atoms with Crippen molar-refractivity contribution in [2.45, 2.75) is 85.6 Å². The van der Waals surface area contributed by atoms with Crippen molar-refractivity contribution in [1.29, 1.82) is 0 Å². The summed E-state index contributed by atoms with van der Waals surface area (Å²) in [5.74, 6) is -9.00. The summed E-state index contributed by atoms with van der Waals surface area (Å²) < 4.78 is 17.5. The number of nitrogens with zero attached hydrogens (tertiary/aromatic N) is 3. The number of aromatic hydroxyl groups is 3. The highest BCUT2D eigenvalue weighted by Gasteiger charge is 2.50. The molecule has 6 rings (SSSR count). The maximum atomic E-state index is 14.3. The highest BCUT2D eigenvalue weighted by atomic mass is 16.7. The summed E-state index contributed by atoms with van der Waals surface area (Å²) in [4.78, 5) is 42.4. The van der Waals surface area contributed by atoms with Gasteiger partial charge in [-0.15, -0.1) is 0 Å². The van der Waals surface area contributed by atoms with Crippen molar-refractivity contribution >= 4 is 40.3 Å². The molecule has 4 aliphatic heterocycles. The van der Waals surface area contributed by atoms with E-state index in [-0.39, 0.29) is 44.5 Å². The van der Waals surface area contributed by atoms with E-state index in [1.807, 2.05) is 7.05 Å². The quantitative estimate of drug-likeness (QED) is 0.102. The lowest BCUT2D eigenvalue weighted by atomic mass is 9.78. The molecule has 0 saturated carbocycles. The Balaban J connectivity index is 1.69. The molecule has 16 nitrogen and oxygen atoms in total. The third kappa shape index (κ3) is 8.51. The van der Waals surface area contributed by atoms with Crippen molar-refractivity contribution in [3.63, 3.8) is 0 Å². The van der Waals surface area contributed by atoms with Gasteiger partial charge in [0.15, 0.2) is 5.75 Å². The van der Waals surface area contributed by atoms with Crippen LogP contribution in [0.5, 0.6) is 23.0 Å². The number of phenols is 3. The summed E-state index contributed by atoms with van der Waals surface area (Å²) in [5, 5.41) is 77.7. The molecule has 1 fully saturated rings. The predicted molar refractivity (Wildman–Crippen MR) is 216 cm³/mol. The molecule has 0 aliphatic carbocycles. The second kappa shape index (κ2) is 17.4. The second-order valence-corrected chi connectivity index (χ2v) is 15.9. The van der Waals surface area contributed by atoms with Gasteiger partial charge in [-0.25, -0.2) is 0 Å². The molecular formula is C42H56N4O12. The summed E-state index contributed by atoms with van der Waals surface area (Å²) in [6.07, 6.45) is 3.58. The van der Waals surface area contributed by atoms with Gasteiger partial charge < -0.3 is 55.1 Å². The van der Waals surface area contributed by atoms with E-state index in [2.05, 4.69) is 15.3 Å². The first-order chi connectivity index (χ1) is 27.2. The number of carbonyl (C=O) groups excluding carboxylic acids is 3. The van der Waals surface area contributed by atoms with Crippen LogP contribution in [-0.2, 0) is 19.1 Å². The molecule has 0 spiro atoms. The molecular weight excluding hydrogens is 752 g/mol. The summed E-state index contributed by atoms with van der Waals surface area (Å²) in [6, 6.07) is 0. The summed E-state index contributed by atoms with van der Waals surface area (Å²) in [6.45, 7) is 14.6. The summed E-state index contributed by atoms with van der Waals surface area (Å²) in [7, 11) is 1.98. The molecule has 9 atom stereocenters. The van der Waals surface area contributed by atoms with Crippen LogP contribution in [-0.4, -0.2) is 128 Å². The number of amides is 1. The number of phenolic OH excluding ortho intramolecular Hbond substituents is 3. The van der Waals surface area contributed by atoms with E-state index in [9.17, 15) is 45.0 Å². The number of ether oxygens (including phenoxy) is 3. The van der Waals surface area contributed by atoms with Crippen molar-refractivity contribution < 1.29 is 59.2 Å². The number of Topliss-reactive ketones (excluding diaryl/α,β-unsaturated/α-hetero) is 1. The van der Waals surface area contributed by atoms with E-state index in [0.717, 1.165) is 6.26 Å². The number of ketones is 1. The zero-order valence-electron chi connectivity index (χ0n) is 34.4. The van der Waals surface area contributed by atoms with Crippen LogP contribution in [0.4, 0.5) is 5.69 Å². The minimum atomic E-state index is -2.10. The number of esters is 1. The standard InChI is InChI=1S/C42H56N4O12/c1-20-11-10-12-21(2)41(55)44-32-27(19-43-46-16-14-45(9)15-17-46)36(52)29-30(37(32)53)35(51)25(6)39-31(29)40(54)42(8,58-39)56-18-13-28(48)22(3)38(57-26(7)47)24(5)34(50)23(4)33(20)49/h10-13,18-20,22-24,28,33-34,38,48-53H,14-17H2,1-9H3,(H,44,55)/b11-10+,18-13+,21-12-,43-19+/t20-,22+,23+,24+,28-,33-,34+,38+,42-/m0/s1. The van der Waals surface area contributed by atoms with E-state index < -0.39 is 88.8 Å². The zero-order chi connectivity index (χ0) is 43.0. The number of hydrogen-bond donors (Lipinski definition) is 7. The topological polar surface area (TPSA) is 231 Å². The number of rotatable bonds is 3. The third-order valence-corrected chi connectivity index (χ3v) is 11.6. The number of fused-ring (bicyclic) bond motifs is 14. The van der Waals surface area contributed by atoms with Crippen LogP contribution in [0.3, 0.4) is 0 Å². The maximum Gasteiger partial charge on any atom is 0.312 e. The van der Waals surface area contributed by atoms with Gasteiger partial charge in [-0.3, -0.25) is 19.4 Å². The van der Waals surface area contributed by atoms with Crippen LogP contribution in [0.2, 0.25) is 0 Å². The van der Waals surface area contributed by atoms with Gasteiger partial charge in [-0.05, 0) is 27.0 Å². The largest absolute Gasteiger partial charge is 0.507 e. The molecule has 4 aliphatic rings. The van der Waals surface area contributed by atoms with Gasteiger partial charge in [0.25, 0.3) is 11.7 Å². The van der Waals surface area contributed by atoms with Gasteiger partial charge in [0.05, 0.1) is 53.0 Å². The highest BCUT2D eigenvalue weighted by molar-refractivity contribution is 6.23. The van der Waals surface area contributed by atoms with Gasteiger partial charge in [-0.1, -0.05) is 45.9 Å². The molecule has 0 unspecified atom stereocenters. The Labute approximate surface area is 337 Å². The van der Waals surface area contributed by atoms with Crippen LogP contribution in [0, 0.1) is 30.6 Å². The van der Waals surface area contributed by atoms with Gasteiger partial charge in [0.1, 0.15) is 23.4 Å². The normalized spacial score (nSPS) is 32.4. The van der Waals surface area contributed by atoms with Crippen molar-refractivity contribution in [2.75, 3.05) is 38.5 Å². The van der Waals surface area contributed by atoms with E-state index in [4.69, 9.17) is 14.2 Å². The Morgan fingerprint density at radius 3 is 2.22 bits per heavy atom. The Kier molecular flexibility index (Phi) is 13.2. The fourth-order valence-corrected chi connectivity index (χ4v) is 7.64. The number of piperazine rings is 1. The number of benzene rings is 2. The third-order valence-electron chi connectivity index (χ3n) is 11.6. The molecule has 4 heterocycles. The van der Waals surface area contributed by atoms with E-state index in [1.54, 1.807) is 44.9 Å². The summed E-state index contributed by atoms with van der Waals surface area (Å²) >= 11 is 0. The molecule has 1 saturated heterocycles. The minimum Gasteiger partial charge on any atom is -0.507 e. The summed E-state index contributed by atoms with van der Waals surface area (Å²) in [5.41, 5.74) is -0.459. The van der Waals surface area contributed by atoms with Crippen molar-refractivity contribution in [2.24, 2.45) is 28.8 Å². The Morgan fingerprint density at radius 2 is 1.59 bits per heavy atom.